The van der Waals surface area contributed by atoms with E-state index < -0.39 is 0 Å². The monoisotopic (exact) mass is 627 g/mol. The lowest BCUT2D eigenvalue weighted by atomic mass is 9.90. The number of para-hydroxylation sites is 3. The summed E-state index contributed by atoms with van der Waals surface area (Å²) in [4.78, 5) is 2.38. The first-order valence-electron chi connectivity index (χ1n) is 16.6. The first kappa shape index (κ1) is 27.5. The van der Waals surface area contributed by atoms with Crippen molar-refractivity contribution in [1.82, 2.24) is 0 Å². The lowest BCUT2D eigenvalue weighted by molar-refractivity contribution is 0.488. The maximum atomic E-state index is 6.70. The maximum absolute atomic E-state index is 6.70. The third kappa shape index (κ3) is 4.44. The summed E-state index contributed by atoms with van der Waals surface area (Å²) >= 11 is 0. The van der Waals surface area contributed by atoms with Crippen molar-refractivity contribution in [2.45, 2.75) is 0 Å². The third-order valence-electron chi connectivity index (χ3n) is 9.67. The molecule has 0 bridgehead atoms. The molecule has 0 saturated carbocycles. The minimum absolute atomic E-state index is 0.851. The Bertz CT molecular complexity index is 2710. The van der Waals surface area contributed by atoms with Crippen LogP contribution in [0, 0.1) is 0 Å². The summed E-state index contributed by atoms with van der Waals surface area (Å²) in [5.41, 5.74) is 11.7. The van der Waals surface area contributed by atoms with Gasteiger partial charge < -0.3 is 14.1 Å². The predicted molar refractivity (Wildman–Crippen MR) is 202 cm³/mol. The third-order valence-corrected chi connectivity index (χ3v) is 9.67. The van der Waals surface area contributed by atoms with Crippen molar-refractivity contribution >= 4 is 49.8 Å². The Labute approximate surface area is 283 Å². The highest BCUT2D eigenvalue weighted by molar-refractivity contribution is 6.08. The molecule has 0 unspecified atom stereocenters. The van der Waals surface area contributed by atoms with Gasteiger partial charge >= 0.3 is 0 Å². The van der Waals surface area contributed by atoms with Crippen LogP contribution in [0.1, 0.15) is 0 Å². The molecule has 49 heavy (non-hydrogen) atoms. The molecule has 2 heterocycles. The largest absolute Gasteiger partial charge is 0.456 e. The van der Waals surface area contributed by atoms with E-state index in [-0.39, 0.29) is 0 Å². The van der Waals surface area contributed by atoms with Gasteiger partial charge in [-0.2, -0.15) is 0 Å². The number of nitrogens with zero attached hydrogens (tertiary/aromatic N) is 1. The van der Waals surface area contributed by atoms with Gasteiger partial charge in [-0.1, -0.05) is 121 Å². The van der Waals surface area contributed by atoms with Gasteiger partial charge in [-0.05, 0) is 82.1 Å². The molecule has 10 rings (SSSR count). The quantitative estimate of drug-likeness (QED) is 0.194. The fraction of sp³-hybridized carbons (Fsp3) is 0. The van der Waals surface area contributed by atoms with Crippen molar-refractivity contribution in [3.05, 3.63) is 176 Å². The number of hydrogen-bond donors (Lipinski definition) is 0. The Hall–Kier alpha value is -6.58. The number of anilines is 3. The molecular formula is C46H29NO2. The number of hydrogen-bond acceptors (Lipinski definition) is 3. The second-order valence-corrected chi connectivity index (χ2v) is 12.5. The van der Waals surface area contributed by atoms with Gasteiger partial charge in [0.1, 0.15) is 22.7 Å². The van der Waals surface area contributed by atoms with Gasteiger partial charge in [0.2, 0.25) is 0 Å². The average Bonchev–Trinajstić information content (AvgIpc) is 3.46. The highest BCUT2D eigenvalue weighted by Gasteiger charge is 2.25. The second kappa shape index (κ2) is 11.0. The Morgan fingerprint density at radius 1 is 0.388 bits per heavy atom. The summed E-state index contributed by atoms with van der Waals surface area (Å²) < 4.78 is 13.0. The summed E-state index contributed by atoms with van der Waals surface area (Å²) in [5.74, 6) is 1.71. The molecule has 1 aliphatic rings. The van der Waals surface area contributed by atoms with Crippen LogP contribution in [-0.4, -0.2) is 0 Å². The van der Waals surface area contributed by atoms with E-state index in [4.69, 9.17) is 9.15 Å². The molecular weight excluding hydrogens is 599 g/mol. The topological polar surface area (TPSA) is 25.6 Å². The smallest absolute Gasteiger partial charge is 0.135 e. The first-order chi connectivity index (χ1) is 24.3. The van der Waals surface area contributed by atoms with Crippen molar-refractivity contribution in [2.24, 2.45) is 0 Å². The molecule has 0 atom stereocenters. The van der Waals surface area contributed by atoms with Crippen molar-refractivity contribution < 1.29 is 9.15 Å². The van der Waals surface area contributed by atoms with Gasteiger partial charge in [0, 0.05) is 38.8 Å². The van der Waals surface area contributed by atoms with E-state index in [9.17, 15) is 0 Å². The summed E-state index contributed by atoms with van der Waals surface area (Å²) in [7, 11) is 0. The summed E-state index contributed by atoms with van der Waals surface area (Å²) in [6.07, 6.45) is 0. The fourth-order valence-corrected chi connectivity index (χ4v) is 7.43. The summed E-state index contributed by atoms with van der Waals surface area (Å²) in [6, 6.07) is 62.1. The van der Waals surface area contributed by atoms with Gasteiger partial charge in [-0.15, -0.1) is 0 Å². The second-order valence-electron chi connectivity index (χ2n) is 12.5. The average molecular weight is 628 g/mol. The van der Waals surface area contributed by atoms with E-state index in [1.165, 1.54) is 5.39 Å². The van der Waals surface area contributed by atoms with Crippen LogP contribution in [0.2, 0.25) is 0 Å². The van der Waals surface area contributed by atoms with Crippen molar-refractivity contribution in [3.63, 3.8) is 0 Å². The molecule has 1 aliphatic heterocycles. The van der Waals surface area contributed by atoms with Crippen molar-refractivity contribution in [1.29, 1.82) is 0 Å². The summed E-state index contributed by atoms with van der Waals surface area (Å²) in [6.45, 7) is 0. The lowest BCUT2D eigenvalue weighted by Crippen LogP contribution is -2.11. The van der Waals surface area contributed by atoms with Gasteiger partial charge in [0.15, 0.2) is 0 Å². The minimum Gasteiger partial charge on any atom is -0.456 e. The predicted octanol–water partition coefficient (Wildman–Crippen LogP) is 13.3. The Kier molecular flexibility index (Phi) is 6.18. The number of rotatable bonds is 4. The van der Waals surface area contributed by atoms with Crippen LogP contribution in [-0.2, 0) is 0 Å². The zero-order chi connectivity index (χ0) is 32.3. The molecule has 3 heteroatoms. The molecule has 3 nitrogen and oxygen atoms in total. The molecule has 0 spiro atoms. The standard InChI is InChI=1S/C46H29NO2/c1-2-12-30(13-3-1)34-15-6-9-19-41(34)47(33-24-27-44-39(28-33)38-18-8-11-21-43(38)48-44)32-23-25-36-37-17-7-10-20-42(37)49-45-26-22-31-14-4-5-16-35(31)46(45)40(36)29-32/h1-29H. The van der Waals surface area contributed by atoms with E-state index in [0.717, 1.165) is 89.3 Å². The molecule has 0 N–H and O–H groups in total. The number of ether oxygens (including phenoxy) is 1. The van der Waals surface area contributed by atoms with Crippen LogP contribution in [0.4, 0.5) is 17.1 Å². The highest BCUT2D eigenvalue weighted by atomic mass is 16.5. The molecule has 1 aromatic heterocycles. The number of benzene rings is 8. The van der Waals surface area contributed by atoms with Gasteiger partial charge in [0.25, 0.3) is 0 Å². The molecule has 0 amide bonds. The number of fused-ring (bicyclic) bond motifs is 10. The van der Waals surface area contributed by atoms with Crippen molar-refractivity contribution in [2.75, 3.05) is 4.90 Å². The van der Waals surface area contributed by atoms with E-state index in [1.807, 2.05) is 18.2 Å². The zero-order valence-corrected chi connectivity index (χ0v) is 26.5. The highest BCUT2D eigenvalue weighted by Crippen LogP contribution is 2.52. The molecule has 8 aromatic carbocycles. The number of furan rings is 1. The first-order valence-corrected chi connectivity index (χ1v) is 16.6. The SMILES string of the molecule is c1ccc(-c2ccccc2N(c2ccc3c(c2)-c2c(ccc4ccccc24)Oc2ccccc2-3)c2ccc3oc4ccccc4c3c2)cc1. The summed E-state index contributed by atoms with van der Waals surface area (Å²) in [5, 5.41) is 4.53. The van der Waals surface area contributed by atoms with Gasteiger partial charge in [-0.3, -0.25) is 0 Å². The Balaban J connectivity index is 1.28. The normalized spacial score (nSPS) is 11.8. The molecule has 230 valence electrons. The Morgan fingerprint density at radius 3 is 2.00 bits per heavy atom. The maximum Gasteiger partial charge on any atom is 0.135 e. The van der Waals surface area contributed by atoms with Crippen LogP contribution >= 0.6 is 0 Å². The van der Waals surface area contributed by atoms with Crippen LogP contribution in [0.25, 0.3) is 66.1 Å². The molecule has 0 radical (unpaired) electrons. The van der Waals surface area contributed by atoms with Crippen LogP contribution in [0.15, 0.2) is 180 Å². The fourth-order valence-electron chi connectivity index (χ4n) is 7.43. The van der Waals surface area contributed by atoms with Gasteiger partial charge in [-0.25, -0.2) is 0 Å². The van der Waals surface area contributed by atoms with E-state index in [1.54, 1.807) is 0 Å². The van der Waals surface area contributed by atoms with Crippen molar-refractivity contribution in [3.8, 4) is 44.9 Å². The molecule has 9 aromatic rings. The zero-order valence-electron chi connectivity index (χ0n) is 26.5. The van der Waals surface area contributed by atoms with Crippen LogP contribution < -0.4 is 9.64 Å². The van der Waals surface area contributed by atoms with E-state index in [0.29, 0.717) is 0 Å². The Morgan fingerprint density at radius 2 is 1.08 bits per heavy atom. The lowest BCUT2D eigenvalue weighted by Gasteiger charge is -2.29. The molecule has 0 saturated heterocycles. The molecule has 0 fully saturated rings. The van der Waals surface area contributed by atoms with E-state index >= 15 is 0 Å². The molecule has 0 aliphatic carbocycles. The van der Waals surface area contributed by atoms with E-state index in [2.05, 4.69) is 163 Å². The van der Waals surface area contributed by atoms with Crippen LogP contribution in [0.3, 0.4) is 0 Å². The van der Waals surface area contributed by atoms with Crippen LogP contribution in [0.5, 0.6) is 11.5 Å². The van der Waals surface area contributed by atoms with Gasteiger partial charge in [0.05, 0.1) is 5.69 Å². The minimum atomic E-state index is 0.851.